The summed E-state index contributed by atoms with van der Waals surface area (Å²) in [4.78, 5) is 25.0. The van der Waals surface area contributed by atoms with Crippen LogP contribution in [0.5, 0.6) is 0 Å². The maximum Gasteiger partial charge on any atom is 0.306 e. The van der Waals surface area contributed by atoms with E-state index in [2.05, 4.69) is 72.1 Å². The maximum absolute atomic E-state index is 11.6. The van der Waals surface area contributed by atoms with Gasteiger partial charge in [0, 0.05) is 54.2 Å². The van der Waals surface area contributed by atoms with E-state index in [9.17, 15) is 9.90 Å². The minimum absolute atomic E-state index is 0.0891. The predicted molar refractivity (Wildman–Crippen MR) is 193 cm³/mol. The molecule has 4 heterocycles. The van der Waals surface area contributed by atoms with Crippen molar-refractivity contribution in [2.75, 3.05) is 11.9 Å². The summed E-state index contributed by atoms with van der Waals surface area (Å²) in [5.41, 5.74) is 5.09. The number of nitrogens with one attached hydrogen (secondary N) is 2. The Hall–Kier alpha value is -3.30. The number of hydrogen-bond acceptors (Lipinski definition) is 7. The third kappa shape index (κ3) is 7.88. The second-order valence-electron chi connectivity index (χ2n) is 15.3. The molecule has 3 fully saturated rings. The number of fused-ring (bicyclic) bond motifs is 3. The van der Waals surface area contributed by atoms with Gasteiger partial charge >= 0.3 is 5.97 Å². The third-order valence-corrected chi connectivity index (χ3v) is 12.4. The highest BCUT2D eigenvalue weighted by molar-refractivity contribution is 5.70. The molecule has 9 heteroatoms. The van der Waals surface area contributed by atoms with Crippen molar-refractivity contribution in [2.45, 2.75) is 147 Å². The minimum atomic E-state index is -0.639. The van der Waals surface area contributed by atoms with Crippen LogP contribution in [0.1, 0.15) is 131 Å². The van der Waals surface area contributed by atoms with Gasteiger partial charge in [-0.15, -0.1) is 0 Å². The summed E-state index contributed by atoms with van der Waals surface area (Å²) in [6, 6.07) is 12.7. The summed E-state index contributed by atoms with van der Waals surface area (Å²) in [7, 11) is 0. The number of benzene rings is 1. The minimum Gasteiger partial charge on any atom is -0.481 e. The van der Waals surface area contributed by atoms with E-state index in [1.807, 2.05) is 4.68 Å². The first kappa shape index (κ1) is 34.2. The van der Waals surface area contributed by atoms with Crippen LogP contribution >= 0.6 is 0 Å². The topological polar surface area (TPSA) is 108 Å². The van der Waals surface area contributed by atoms with E-state index >= 15 is 0 Å². The number of nitrogens with zero attached hydrogens (tertiary/aromatic N) is 5. The number of hydrogen-bond donors (Lipinski definition) is 3. The molecule has 4 aliphatic rings. The van der Waals surface area contributed by atoms with Crippen molar-refractivity contribution >= 4 is 11.8 Å². The van der Waals surface area contributed by atoms with Crippen LogP contribution in [0.4, 0.5) is 5.82 Å². The third-order valence-electron chi connectivity index (χ3n) is 12.4. The Labute approximate surface area is 292 Å². The molecular weight excluding hydrogens is 610 g/mol. The fourth-order valence-corrected chi connectivity index (χ4v) is 9.57. The monoisotopic (exact) mass is 667 g/mol. The highest BCUT2D eigenvalue weighted by atomic mass is 16.4. The van der Waals surface area contributed by atoms with Gasteiger partial charge in [0.25, 0.3) is 0 Å². The number of aromatic nitrogens is 4. The summed E-state index contributed by atoms with van der Waals surface area (Å²) >= 11 is 0. The zero-order valence-electron chi connectivity index (χ0n) is 29.7. The average molecular weight is 668 g/mol. The molecule has 0 unspecified atom stereocenters. The highest BCUT2D eigenvalue weighted by Crippen LogP contribution is 2.39. The van der Waals surface area contributed by atoms with Crippen LogP contribution in [0.2, 0.25) is 0 Å². The van der Waals surface area contributed by atoms with Crippen LogP contribution in [0.15, 0.2) is 42.7 Å². The van der Waals surface area contributed by atoms with Crippen LogP contribution < -0.4 is 10.6 Å². The molecule has 0 spiro atoms. The molecule has 1 aromatic carbocycles. The molecule has 2 bridgehead atoms. The van der Waals surface area contributed by atoms with Gasteiger partial charge in [0.05, 0.1) is 24.7 Å². The number of aryl methyl sites for hydroxylation is 2. The Bertz CT molecular complexity index is 1510. The fraction of sp³-hybridized carbons (Fsp3) is 0.650. The molecule has 264 valence electrons. The van der Waals surface area contributed by atoms with Crippen molar-refractivity contribution in [2.24, 2.45) is 11.8 Å². The SMILES string of the molecule is CC[C@@H](NCc1nc2c(c(N[C@@H](CN3C4CCCC3CCC4)c3cnn(CC)c3)n1)C[C@H](c1ccccc1)CC2)C1CCC(C(=O)O)CC1. The molecule has 0 amide bonds. The zero-order valence-corrected chi connectivity index (χ0v) is 29.7. The molecule has 1 saturated carbocycles. The van der Waals surface area contributed by atoms with Crippen LogP contribution in [0, 0.1) is 11.8 Å². The Morgan fingerprint density at radius 3 is 2.35 bits per heavy atom. The number of anilines is 1. The van der Waals surface area contributed by atoms with Gasteiger partial charge in [-0.2, -0.15) is 5.10 Å². The molecular formula is C40H57N7O2. The first-order valence-electron chi connectivity index (χ1n) is 19.4. The maximum atomic E-state index is 11.6. The van der Waals surface area contributed by atoms with Gasteiger partial charge in [-0.1, -0.05) is 50.1 Å². The van der Waals surface area contributed by atoms with E-state index in [-0.39, 0.29) is 12.0 Å². The van der Waals surface area contributed by atoms with Crippen molar-refractivity contribution < 1.29 is 9.90 Å². The van der Waals surface area contributed by atoms with E-state index < -0.39 is 5.97 Å². The van der Waals surface area contributed by atoms with Crippen LogP contribution in [0.3, 0.4) is 0 Å². The molecule has 0 radical (unpaired) electrons. The second kappa shape index (κ2) is 15.7. The Morgan fingerprint density at radius 1 is 0.959 bits per heavy atom. The molecule has 2 aliphatic carbocycles. The molecule has 49 heavy (non-hydrogen) atoms. The molecule has 2 aliphatic heterocycles. The highest BCUT2D eigenvalue weighted by Gasteiger charge is 2.36. The Morgan fingerprint density at radius 2 is 1.69 bits per heavy atom. The van der Waals surface area contributed by atoms with Gasteiger partial charge in [-0.25, -0.2) is 9.97 Å². The molecule has 2 saturated heterocycles. The normalized spacial score (nSPS) is 26.9. The summed E-state index contributed by atoms with van der Waals surface area (Å²) in [6.07, 6.45) is 19.7. The average Bonchev–Trinajstić information content (AvgIpc) is 3.61. The van der Waals surface area contributed by atoms with Gasteiger partial charge in [0.1, 0.15) is 11.6 Å². The van der Waals surface area contributed by atoms with Gasteiger partial charge in [0.15, 0.2) is 0 Å². The van der Waals surface area contributed by atoms with Crippen molar-refractivity contribution in [3.63, 3.8) is 0 Å². The number of aliphatic carboxylic acids is 1. The smallest absolute Gasteiger partial charge is 0.306 e. The van der Waals surface area contributed by atoms with E-state index in [0.717, 1.165) is 76.1 Å². The molecule has 2 aromatic heterocycles. The summed E-state index contributed by atoms with van der Waals surface area (Å²) < 4.78 is 2.05. The number of carboxylic acids is 1. The van der Waals surface area contributed by atoms with Gasteiger partial charge < -0.3 is 15.7 Å². The lowest BCUT2D eigenvalue weighted by molar-refractivity contribution is -0.143. The number of carboxylic acid groups (broad SMARTS) is 1. The number of carbonyl (C=O) groups is 1. The largest absolute Gasteiger partial charge is 0.481 e. The lowest BCUT2D eigenvalue weighted by Crippen LogP contribution is -2.51. The number of rotatable bonds is 13. The Kier molecular flexibility index (Phi) is 11.0. The van der Waals surface area contributed by atoms with E-state index in [1.54, 1.807) is 0 Å². The van der Waals surface area contributed by atoms with Crippen molar-refractivity contribution in [3.8, 4) is 0 Å². The first-order chi connectivity index (χ1) is 24.0. The van der Waals surface area contributed by atoms with Gasteiger partial charge in [-0.05, 0) is 101 Å². The second-order valence-corrected chi connectivity index (χ2v) is 15.3. The van der Waals surface area contributed by atoms with E-state index in [0.29, 0.717) is 36.5 Å². The molecule has 3 N–H and O–H groups in total. The summed E-state index contributed by atoms with van der Waals surface area (Å²) in [5, 5.41) is 22.1. The van der Waals surface area contributed by atoms with E-state index in [1.165, 1.54) is 60.9 Å². The molecule has 9 nitrogen and oxygen atoms in total. The standard InChI is InChI=1S/C40H57N7O2/c1-3-35(28-16-18-29(19-17-28)40(48)49)41-24-38-43-36-21-20-30(27-10-6-5-7-11-27)22-34(36)39(45-38)44-37(31-23-42-46(4-2)25-31)26-47-32-12-8-13-33(47)15-9-14-32/h5-7,10-11,23,25,28-30,32-33,35,37,41H,3-4,8-9,12-22,24,26H2,1-2H3,(H,48,49)(H,43,44,45)/t28?,29?,30-,32?,33?,35-,37+/m1/s1. The number of piperidine rings is 2. The Balaban J connectivity index is 1.17. The van der Waals surface area contributed by atoms with Crippen molar-refractivity contribution in [3.05, 3.63) is 70.9 Å². The van der Waals surface area contributed by atoms with Crippen LogP contribution in [-0.4, -0.2) is 60.4 Å². The predicted octanol–water partition coefficient (Wildman–Crippen LogP) is 7.28. The van der Waals surface area contributed by atoms with Gasteiger partial charge in [-0.3, -0.25) is 14.4 Å². The van der Waals surface area contributed by atoms with Crippen molar-refractivity contribution in [1.29, 1.82) is 0 Å². The quantitative estimate of drug-likeness (QED) is 0.175. The zero-order chi connectivity index (χ0) is 33.7. The van der Waals surface area contributed by atoms with Gasteiger partial charge in [0.2, 0.25) is 0 Å². The van der Waals surface area contributed by atoms with E-state index in [4.69, 9.17) is 15.1 Å². The van der Waals surface area contributed by atoms with Crippen molar-refractivity contribution in [1.82, 2.24) is 30.0 Å². The fourth-order valence-electron chi connectivity index (χ4n) is 9.57. The molecule has 3 aromatic rings. The molecule has 7 rings (SSSR count). The first-order valence-corrected chi connectivity index (χ1v) is 19.4. The summed E-state index contributed by atoms with van der Waals surface area (Å²) in [6.45, 7) is 6.84. The lowest BCUT2D eigenvalue weighted by Gasteiger charge is -2.47. The van der Waals surface area contributed by atoms with Crippen LogP contribution in [0.25, 0.3) is 0 Å². The van der Waals surface area contributed by atoms with Crippen LogP contribution in [-0.2, 0) is 30.7 Å². The summed E-state index contributed by atoms with van der Waals surface area (Å²) in [5.74, 6) is 1.97. The molecule has 3 atom stereocenters. The lowest BCUT2D eigenvalue weighted by atomic mass is 9.78.